The lowest BCUT2D eigenvalue weighted by molar-refractivity contribution is 0.102. The van der Waals surface area contributed by atoms with Gasteiger partial charge in [-0.2, -0.15) is 0 Å². The molecule has 0 aromatic heterocycles. The van der Waals surface area contributed by atoms with Gasteiger partial charge in [-0.25, -0.2) is 0 Å². The molecule has 2 rings (SSSR count). The van der Waals surface area contributed by atoms with E-state index in [-0.39, 0.29) is 29.5 Å². The molecule has 1 heterocycles. The third kappa shape index (κ3) is 5.76. The molecule has 0 unspecified atom stereocenters. The zero-order valence-electron chi connectivity index (χ0n) is 13.2. The van der Waals surface area contributed by atoms with Crippen molar-refractivity contribution < 1.29 is 0 Å². The summed E-state index contributed by atoms with van der Waals surface area (Å²) in [6.07, 6.45) is 6.66. The van der Waals surface area contributed by atoms with Crippen LogP contribution in [0, 0.1) is 0 Å². The molecule has 20 heavy (non-hydrogen) atoms. The predicted octanol–water partition coefficient (Wildman–Crippen LogP) is 2.59. The van der Waals surface area contributed by atoms with Crippen LogP contribution in [0.15, 0.2) is 4.99 Å². The molecule has 0 aromatic rings. The van der Waals surface area contributed by atoms with Crippen LogP contribution in [0.3, 0.4) is 0 Å². The van der Waals surface area contributed by atoms with Crippen molar-refractivity contribution in [2.75, 3.05) is 26.2 Å². The number of halogens is 1. The van der Waals surface area contributed by atoms with Gasteiger partial charge in [0, 0.05) is 18.1 Å². The monoisotopic (exact) mass is 394 g/mol. The van der Waals surface area contributed by atoms with Gasteiger partial charge in [-0.3, -0.25) is 9.89 Å². The highest BCUT2D eigenvalue weighted by molar-refractivity contribution is 14.0. The number of nitrogens with zero attached hydrogens (tertiary/aromatic N) is 2. The van der Waals surface area contributed by atoms with E-state index in [1.807, 2.05) is 0 Å². The molecular weight excluding hydrogens is 363 g/mol. The summed E-state index contributed by atoms with van der Waals surface area (Å²) in [6, 6.07) is 0.663. The van der Waals surface area contributed by atoms with E-state index in [2.05, 4.69) is 36.3 Å². The molecule has 1 aliphatic carbocycles. The second-order valence-corrected chi connectivity index (χ2v) is 6.47. The zero-order chi connectivity index (χ0) is 13.7. The Morgan fingerprint density at radius 3 is 2.40 bits per heavy atom. The molecule has 1 saturated heterocycles. The quantitative estimate of drug-likeness (QED) is 0.428. The molecule has 2 fully saturated rings. The minimum absolute atomic E-state index is 0. The Morgan fingerprint density at radius 2 is 1.85 bits per heavy atom. The molecule has 2 aliphatic rings. The molecular formula is C15H31IN4. The van der Waals surface area contributed by atoms with Crippen LogP contribution in [-0.2, 0) is 0 Å². The first-order valence-electron chi connectivity index (χ1n) is 7.92. The molecule has 0 aromatic carbocycles. The van der Waals surface area contributed by atoms with Crippen LogP contribution in [0.25, 0.3) is 0 Å². The molecule has 4 nitrogen and oxygen atoms in total. The fourth-order valence-corrected chi connectivity index (χ4v) is 2.61. The van der Waals surface area contributed by atoms with E-state index in [1.165, 1.54) is 45.2 Å². The van der Waals surface area contributed by atoms with Crippen LogP contribution < -0.4 is 10.6 Å². The van der Waals surface area contributed by atoms with Gasteiger partial charge in [-0.15, -0.1) is 24.0 Å². The maximum atomic E-state index is 4.79. The summed E-state index contributed by atoms with van der Waals surface area (Å²) in [6.45, 7) is 11.0. The molecule has 1 aliphatic heterocycles. The molecule has 0 atom stereocenters. The number of likely N-dealkylation sites (tertiary alicyclic amines) is 1. The van der Waals surface area contributed by atoms with Crippen molar-refractivity contribution in [2.45, 2.75) is 64.5 Å². The topological polar surface area (TPSA) is 39.7 Å². The van der Waals surface area contributed by atoms with E-state index in [4.69, 9.17) is 4.99 Å². The highest BCUT2D eigenvalue weighted by atomic mass is 127. The number of hydrogen-bond acceptors (Lipinski definition) is 2. The van der Waals surface area contributed by atoms with Gasteiger partial charge in [0.25, 0.3) is 0 Å². The number of nitrogens with one attached hydrogen (secondary N) is 2. The molecule has 118 valence electrons. The highest BCUT2D eigenvalue weighted by Crippen LogP contribution is 2.21. The van der Waals surface area contributed by atoms with E-state index in [0.29, 0.717) is 6.04 Å². The Bertz CT molecular complexity index is 307. The minimum atomic E-state index is 0. The molecule has 1 saturated carbocycles. The van der Waals surface area contributed by atoms with Gasteiger partial charge in [-0.1, -0.05) is 6.42 Å². The summed E-state index contributed by atoms with van der Waals surface area (Å²) >= 11 is 0. The van der Waals surface area contributed by atoms with Crippen molar-refractivity contribution in [3.05, 3.63) is 0 Å². The fraction of sp³-hybridized carbons (Fsp3) is 0.933. The maximum Gasteiger partial charge on any atom is 0.191 e. The SMILES string of the molecule is CCNC(=NCC(C)(C)N1CCCCC1)NC1CC1.I. The standard InChI is InChI=1S/C15H30N4.HI/c1-4-16-14(18-13-8-9-13)17-12-15(2,3)19-10-6-5-7-11-19;/h13H,4-12H2,1-3H3,(H2,16,17,18);1H. The van der Waals surface area contributed by atoms with Gasteiger partial charge in [0.2, 0.25) is 0 Å². The van der Waals surface area contributed by atoms with E-state index in [1.54, 1.807) is 0 Å². The Kier molecular flexibility index (Phi) is 7.58. The second kappa shape index (κ2) is 8.41. The van der Waals surface area contributed by atoms with Gasteiger partial charge < -0.3 is 10.6 Å². The van der Waals surface area contributed by atoms with E-state index < -0.39 is 0 Å². The first kappa shape index (κ1) is 18.0. The van der Waals surface area contributed by atoms with Crippen LogP contribution in [-0.4, -0.2) is 48.6 Å². The third-order valence-corrected chi connectivity index (χ3v) is 4.10. The Hall–Kier alpha value is -0.0400. The molecule has 0 amide bonds. The summed E-state index contributed by atoms with van der Waals surface area (Å²) in [7, 11) is 0. The van der Waals surface area contributed by atoms with Crippen molar-refractivity contribution in [1.82, 2.24) is 15.5 Å². The van der Waals surface area contributed by atoms with Gasteiger partial charge in [0.15, 0.2) is 5.96 Å². The lowest BCUT2D eigenvalue weighted by Crippen LogP contribution is -2.49. The van der Waals surface area contributed by atoms with Gasteiger partial charge in [0.1, 0.15) is 0 Å². The first-order valence-corrected chi connectivity index (χ1v) is 7.92. The zero-order valence-corrected chi connectivity index (χ0v) is 15.6. The second-order valence-electron chi connectivity index (χ2n) is 6.47. The highest BCUT2D eigenvalue weighted by Gasteiger charge is 2.28. The number of piperidine rings is 1. The number of rotatable bonds is 5. The molecule has 0 bridgehead atoms. The number of aliphatic imine (C=N–C) groups is 1. The summed E-state index contributed by atoms with van der Waals surface area (Å²) in [5.41, 5.74) is 0.173. The van der Waals surface area contributed by atoms with Crippen molar-refractivity contribution in [3.8, 4) is 0 Å². The lowest BCUT2D eigenvalue weighted by atomic mass is 9.99. The van der Waals surface area contributed by atoms with Gasteiger partial charge >= 0.3 is 0 Å². The Labute approximate surface area is 141 Å². The van der Waals surface area contributed by atoms with Crippen molar-refractivity contribution >= 4 is 29.9 Å². The Morgan fingerprint density at radius 1 is 1.20 bits per heavy atom. The smallest absolute Gasteiger partial charge is 0.191 e. The predicted molar refractivity (Wildman–Crippen MR) is 97.1 cm³/mol. The van der Waals surface area contributed by atoms with Crippen molar-refractivity contribution in [2.24, 2.45) is 4.99 Å². The van der Waals surface area contributed by atoms with Crippen LogP contribution in [0.4, 0.5) is 0 Å². The maximum absolute atomic E-state index is 4.79. The Balaban J connectivity index is 0.00000200. The largest absolute Gasteiger partial charge is 0.357 e. The summed E-state index contributed by atoms with van der Waals surface area (Å²) in [5.74, 6) is 0.995. The van der Waals surface area contributed by atoms with Crippen LogP contribution >= 0.6 is 24.0 Å². The average Bonchev–Trinajstić information content (AvgIpc) is 3.21. The number of hydrogen-bond donors (Lipinski definition) is 2. The minimum Gasteiger partial charge on any atom is -0.357 e. The summed E-state index contributed by atoms with van der Waals surface area (Å²) in [5, 5.41) is 6.84. The molecule has 0 spiro atoms. The summed E-state index contributed by atoms with van der Waals surface area (Å²) < 4.78 is 0. The molecule has 5 heteroatoms. The molecule has 2 N–H and O–H groups in total. The van der Waals surface area contributed by atoms with Crippen LogP contribution in [0.1, 0.15) is 52.9 Å². The summed E-state index contributed by atoms with van der Waals surface area (Å²) in [4.78, 5) is 7.39. The van der Waals surface area contributed by atoms with Gasteiger partial charge in [0.05, 0.1) is 6.54 Å². The van der Waals surface area contributed by atoms with Crippen molar-refractivity contribution in [3.63, 3.8) is 0 Å². The first-order chi connectivity index (χ1) is 9.12. The number of guanidine groups is 1. The lowest BCUT2D eigenvalue weighted by Gasteiger charge is -2.40. The van der Waals surface area contributed by atoms with Crippen LogP contribution in [0.5, 0.6) is 0 Å². The van der Waals surface area contributed by atoms with E-state index in [0.717, 1.165) is 19.0 Å². The van der Waals surface area contributed by atoms with Crippen LogP contribution in [0.2, 0.25) is 0 Å². The van der Waals surface area contributed by atoms with E-state index >= 15 is 0 Å². The molecule has 0 radical (unpaired) electrons. The van der Waals surface area contributed by atoms with Gasteiger partial charge in [-0.05, 0) is 59.5 Å². The normalized spacial score (nSPS) is 21.2. The van der Waals surface area contributed by atoms with E-state index in [9.17, 15) is 0 Å². The third-order valence-electron chi connectivity index (χ3n) is 4.10. The fourth-order valence-electron chi connectivity index (χ4n) is 2.61. The van der Waals surface area contributed by atoms with Crippen molar-refractivity contribution in [1.29, 1.82) is 0 Å². The average molecular weight is 394 g/mol.